The first kappa shape index (κ1) is 16.2. The van der Waals surface area contributed by atoms with Crippen molar-refractivity contribution >= 4 is 5.91 Å². The summed E-state index contributed by atoms with van der Waals surface area (Å²) >= 11 is 0. The topological polar surface area (TPSA) is 47.4 Å². The van der Waals surface area contributed by atoms with Crippen molar-refractivity contribution in [2.75, 3.05) is 19.7 Å². The average Bonchev–Trinajstić information content (AvgIpc) is 3.20. The summed E-state index contributed by atoms with van der Waals surface area (Å²) in [6, 6.07) is 8.54. The number of aryl methyl sites for hydroxylation is 2. The summed E-state index contributed by atoms with van der Waals surface area (Å²) in [6.45, 7) is 6.47. The molecule has 3 heterocycles. The minimum Gasteiger partial charge on any atom is -0.493 e. The number of benzene rings is 1. The summed E-state index contributed by atoms with van der Waals surface area (Å²) in [5, 5.41) is 4.62. The highest BCUT2D eigenvalue weighted by Crippen LogP contribution is 2.27. The largest absolute Gasteiger partial charge is 0.493 e. The van der Waals surface area contributed by atoms with Crippen LogP contribution >= 0.6 is 0 Å². The van der Waals surface area contributed by atoms with Crippen molar-refractivity contribution < 1.29 is 9.53 Å². The molecule has 2 aliphatic rings. The van der Waals surface area contributed by atoms with Gasteiger partial charge in [-0.3, -0.25) is 9.48 Å². The molecule has 5 heteroatoms. The number of carbonyl (C=O) groups is 1. The minimum atomic E-state index is 0.213. The number of piperidine rings is 1. The second-order valence-corrected chi connectivity index (χ2v) is 7.22. The Balaban J connectivity index is 1.44. The molecule has 0 saturated carbocycles. The molecule has 2 aromatic rings. The molecule has 2 aliphatic heterocycles. The van der Waals surface area contributed by atoms with Crippen LogP contribution in [0.25, 0.3) is 0 Å². The van der Waals surface area contributed by atoms with E-state index in [4.69, 9.17) is 4.74 Å². The van der Waals surface area contributed by atoms with E-state index in [1.165, 1.54) is 11.3 Å². The third kappa shape index (κ3) is 3.28. The van der Waals surface area contributed by atoms with E-state index in [9.17, 15) is 4.79 Å². The van der Waals surface area contributed by atoms with Crippen molar-refractivity contribution in [1.82, 2.24) is 14.7 Å². The van der Waals surface area contributed by atoms with Crippen LogP contribution in [0.2, 0.25) is 0 Å². The number of rotatable bonds is 3. The van der Waals surface area contributed by atoms with Gasteiger partial charge in [0.05, 0.1) is 24.8 Å². The molecule has 0 spiro atoms. The molecule has 1 atom stereocenters. The molecule has 0 radical (unpaired) electrons. The van der Waals surface area contributed by atoms with Crippen molar-refractivity contribution in [2.24, 2.45) is 0 Å². The number of hydrogen-bond donors (Lipinski definition) is 0. The van der Waals surface area contributed by atoms with E-state index >= 15 is 0 Å². The first-order valence-electron chi connectivity index (χ1n) is 9.15. The van der Waals surface area contributed by atoms with Crippen molar-refractivity contribution in [2.45, 2.75) is 45.6 Å². The van der Waals surface area contributed by atoms with Crippen molar-refractivity contribution in [3.63, 3.8) is 0 Å². The third-order valence-corrected chi connectivity index (χ3v) is 5.25. The van der Waals surface area contributed by atoms with Gasteiger partial charge in [0.2, 0.25) is 5.91 Å². The smallest absolute Gasteiger partial charge is 0.227 e. The first-order valence-corrected chi connectivity index (χ1v) is 9.15. The highest BCUT2D eigenvalue weighted by molar-refractivity contribution is 5.79. The molecule has 1 saturated heterocycles. The third-order valence-electron chi connectivity index (χ3n) is 5.25. The van der Waals surface area contributed by atoms with Gasteiger partial charge in [0.25, 0.3) is 0 Å². The van der Waals surface area contributed by atoms with Crippen molar-refractivity contribution in [3.05, 3.63) is 46.8 Å². The molecule has 1 aromatic carbocycles. The standard InChI is InChI=1S/C20H25N3O2/c1-14-10-15(2)23(21-14)18-4-3-8-22(13-18)20(24)12-16-5-6-19-17(11-16)7-9-25-19/h5-6,10-11,18H,3-4,7-9,12-13H2,1-2H3/t18-/m1/s1. The van der Waals surface area contributed by atoms with Gasteiger partial charge in [-0.1, -0.05) is 12.1 Å². The van der Waals surface area contributed by atoms with Gasteiger partial charge in [0.15, 0.2) is 0 Å². The van der Waals surface area contributed by atoms with Gasteiger partial charge < -0.3 is 9.64 Å². The van der Waals surface area contributed by atoms with Crippen molar-refractivity contribution in [1.29, 1.82) is 0 Å². The lowest BCUT2D eigenvalue weighted by molar-refractivity contribution is -0.132. The monoisotopic (exact) mass is 339 g/mol. The molecular weight excluding hydrogens is 314 g/mol. The van der Waals surface area contributed by atoms with E-state index in [0.717, 1.165) is 56.0 Å². The molecule has 4 rings (SSSR count). The Morgan fingerprint density at radius 1 is 1.32 bits per heavy atom. The molecule has 0 N–H and O–H groups in total. The van der Waals surface area contributed by atoms with E-state index in [-0.39, 0.29) is 5.91 Å². The quantitative estimate of drug-likeness (QED) is 0.864. The normalized spacial score (nSPS) is 19.6. The van der Waals surface area contributed by atoms with Crippen LogP contribution < -0.4 is 4.74 Å². The van der Waals surface area contributed by atoms with Gasteiger partial charge >= 0.3 is 0 Å². The zero-order chi connectivity index (χ0) is 17.4. The number of ether oxygens (including phenoxy) is 1. The predicted molar refractivity (Wildman–Crippen MR) is 95.9 cm³/mol. The number of likely N-dealkylation sites (tertiary alicyclic amines) is 1. The number of amides is 1. The van der Waals surface area contributed by atoms with Gasteiger partial charge in [-0.05, 0) is 49.9 Å². The average molecular weight is 339 g/mol. The van der Waals surface area contributed by atoms with E-state index in [0.29, 0.717) is 12.5 Å². The van der Waals surface area contributed by atoms with Gasteiger partial charge in [-0.15, -0.1) is 0 Å². The fourth-order valence-electron chi connectivity index (χ4n) is 4.03. The number of carbonyl (C=O) groups excluding carboxylic acids is 1. The Morgan fingerprint density at radius 3 is 3.00 bits per heavy atom. The van der Waals surface area contributed by atoms with Crippen LogP contribution in [0.4, 0.5) is 0 Å². The van der Waals surface area contributed by atoms with Crippen LogP contribution in [-0.4, -0.2) is 40.3 Å². The zero-order valence-electron chi connectivity index (χ0n) is 15.0. The minimum absolute atomic E-state index is 0.213. The van der Waals surface area contributed by atoms with E-state index < -0.39 is 0 Å². The Morgan fingerprint density at radius 2 is 2.20 bits per heavy atom. The maximum atomic E-state index is 12.8. The van der Waals surface area contributed by atoms with Crippen LogP contribution in [0.3, 0.4) is 0 Å². The summed E-state index contributed by atoms with van der Waals surface area (Å²) in [7, 11) is 0. The Kier molecular flexibility index (Phi) is 4.24. The highest BCUT2D eigenvalue weighted by Gasteiger charge is 2.26. The van der Waals surface area contributed by atoms with E-state index in [1.54, 1.807) is 0 Å². The summed E-state index contributed by atoms with van der Waals surface area (Å²) in [5.74, 6) is 1.18. The second-order valence-electron chi connectivity index (χ2n) is 7.22. The maximum absolute atomic E-state index is 12.8. The number of nitrogens with zero attached hydrogens (tertiary/aromatic N) is 3. The zero-order valence-corrected chi connectivity index (χ0v) is 15.0. The van der Waals surface area contributed by atoms with Gasteiger partial charge in [-0.2, -0.15) is 5.10 Å². The number of hydrogen-bond acceptors (Lipinski definition) is 3. The summed E-state index contributed by atoms with van der Waals surface area (Å²) < 4.78 is 7.64. The lowest BCUT2D eigenvalue weighted by atomic mass is 10.0. The molecular formula is C20H25N3O2. The molecule has 0 bridgehead atoms. The van der Waals surface area contributed by atoms with Gasteiger partial charge in [0, 0.05) is 25.2 Å². The summed E-state index contributed by atoms with van der Waals surface area (Å²) in [5.41, 5.74) is 4.53. The lowest BCUT2D eigenvalue weighted by Crippen LogP contribution is -2.41. The molecule has 1 amide bonds. The molecule has 0 aliphatic carbocycles. The van der Waals surface area contributed by atoms with Crippen LogP contribution in [0.5, 0.6) is 5.75 Å². The molecule has 132 valence electrons. The van der Waals surface area contributed by atoms with Crippen LogP contribution in [0, 0.1) is 13.8 Å². The molecule has 1 aromatic heterocycles. The summed E-state index contributed by atoms with van der Waals surface area (Å²) in [6.07, 6.45) is 3.53. The fourth-order valence-corrected chi connectivity index (χ4v) is 4.03. The van der Waals surface area contributed by atoms with Gasteiger partial charge in [0.1, 0.15) is 5.75 Å². The fraction of sp³-hybridized carbons (Fsp3) is 0.500. The Labute approximate surface area is 148 Å². The number of aromatic nitrogens is 2. The molecule has 25 heavy (non-hydrogen) atoms. The molecule has 1 fully saturated rings. The Hall–Kier alpha value is -2.30. The molecule has 0 unspecified atom stereocenters. The maximum Gasteiger partial charge on any atom is 0.227 e. The Bertz CT molecular complexity index is 796. The summed E-state index contributed by atoms with van der Waals surface area (Å²) in [4.78, 5) is 14.8. The second kappa shape index (κ2) is 6.54. The van der Waals surface area contributed by atoms with E-state index in [1.807, 2.05) is 24.0 Å². The van der Waals surface area contributed by atoms with Crippen molar-refractivity contribution in [3.8, 4) is 5.75 Å². The van der Waals surface area contributed by atoms with Crippen LogP contribution in [0.1, 0.15) is 41.4 Å². The van der Waals surface area contributed by atoms with Crippen LogP contribution in [-0.2, 0) is 17.6 Å². The van der Waals surface area contributed by atoms with Gasteiger partial charge in [-0.25, -0.2) is 0 Å². The SMILES string of the molecule is Cc1cc(C)n([C@@H]2CCCN(C(=O)Cc3ccc4c(c3)CCO4)C2)n1. The first-order chi connectivity index (χ1) is 12.1. The van der Waals surface area contributed by atoms with Crippen LogP contribution in [0.15, 0.2) is 24.3 Å². The number of fused-ring (bicyclic) bond motifs is 1. The molecule has 5 nitrogen and oxygen atoms in total. The predicted octanol–water partition coefficient (Wildman–Crippen LogP) is 2.84. The highest BCUT2D eigenvalue weighted by atomic mass is 16.5. The lowest BCUT2D eigenvalue weighted by Gasteiger charge is -2.33. The van der Waals surface area contributed by atoms with E-state index in [2.05, 4.69) is 28.8 Å².